The van der Waals surface area contributed by atoms with Crippen LogP contribution in [-0.2, 0) is 12.8 Å². The molecule has 1 fully saturated rings. The van der Waals surface area contributed by atoms with Crippen LogP contribution in [0.2, 0.25) is 0 Å². The fourth-order valence-corrected chi connectivity index (χ4v) is 4.60. The second-order valence-electron chi connectivity index (χ2n) is 8.98. The van der Waals surface area contributed by atoms with Gasteiger partial charge in [0.05, 0.1) is 19.2 Å². The van der Waals surface area contributed by atoms with Crippen LogP contribution in [0.15, 0.2) is 83.5 Å². The maximum Gasteiger partial charge on any atom is 0.253 e. The van der Waals surface area contributed by atoms with Gasteiger partial charge in [-0.15, -0.1) is 0 Å². The van der Waals surface area contributed by atoms with Gasteiger partial charge in [0.25, 0.3) is 5.91 Å². The zero-order valence-electron chi connectivity index (χ0n) is 19.9. The van der Waals surface area contributed by atoms with E-state index in [9.17, 15) is 4.79 Å². The van der Waals surface area contributed by atoms with Crippen LogP contribution in [0.3, 0.4) is 0 Å². The van der Waals surface area contributed by atoms with Crippen molar-refractivity contribution in [3.63, 3.8) is 0 Å². The highest BCUT2D eigenvalue weighted by Gasteiger charge is 2.28. The Balaban J connectivity index is 1.24. The molecule has 0 saturated carbocycles. The van der Waals surface area contributed by atoms with E-state index in [0.717, 1.165) is 42.2 Å². The number of nitrogens with zero attached hydrogens (tertiary/aromatic N) is 3. The van der Waals surface area contributed by atoms with Gasteiger partial charge in [-0.25, -0.2) is 4.98 Å². The second-order valence-corrected chi connectivity index (χ2v) is 8.98. The molecule has 1 aliphatic heterocycles. The average molecular weight is 468 g/mol. The number of carbonyl (C=O) groups is 1. The first-order valence-electron chi connectivity index (χ1n) is 12.0. The van der Waals surface area contributed by atoms with Crippen molar-refractivity contribution >= 4 is 5.91 Å². The largest absolute Gasteiger partial charge is 0.497 e. The van der Waals surface area contributed by atoms with E-state index in [1.165, 1.54) is 5.56 Å². The predicted molar refractivity (Wildman–Crippen MR) is 134 cm³/mol. The van der Waals surface area contributed by atoms with Crippen molar-refractivity contribution < 1.29 is 13.9 Å². The maximum absolute atomic E-state index is 13.3. The minimum Gasteiger partial charge on any atom is -0.497 e. The van der Waals surface area contributed by atoms with Crippen LogP contribution >= 0.6 is 0 Å². The van der Waals surface area contributed by atoms with Crippen molar-refractivity contribution in [3.05, 3.63) is 113 Å². The summed E-state index contributed by atoms with van der Waals surface area (Å²) in [6, 6.07) is 21.9. The third-order valence-electron chi connectivity index (χ3n) is 6.46. The normalized spacial score (nSPS) is 15.7. The smallest absolute Gasteiger partial charge is 0.253 e. The third kappa shape index (κ3) is 5.60. The summed E-state index contributed by atoms with van der Waals surface area (Å²) in [5, 5.41) is 0. The van der Waals surface area contributed by atoms with E-state index in [4.69, 9.17) is 9.15 Å². The topological polar surface area (TPSA) is 68.5 Å². The summed E-state index contributed by atoms with van der Waals surface area (Å²) in [5.74, 6) is 2.51. The first kappa shape index (κ1) is 22.8. The number of piperidine rings is 1. The molecular formula is C29H29N3O3. The average Bonchev–Trinajstić information content (AvgIpc) is 3.38. The van der Waals surface area contributed by atoms with Gasteiger partial charge in [-0.1, -0.05) is 42.5 Å². The van der Waals surface area contributed by atoms with Crippen molar-refractivity contribution in [2.75, 3.05) is 20.2 Å². The Morgan fingerprint density at radius 2 is 1.83 bits per heavy atom. The number of oxazole rings is 1. The molecule has 2 aromatic carbocycles. The van der Waals surface area contributed by atoms with Gasteiger partial charge in [0.1, 0.15) is 11.5 Å². The van der Waals surface area contributed by atoms with E-state index >= 15 is 0 Å². The van der Waals surface area contributed by atoms with Crippen LogP contribution < -0.4 is 4.74 Å². The van der Waals surface area contributed by atoms with Crippen LogP contribution in [0.4, 0.5) is 0 Å². The van der Waals surface area contributed by atoms with E-state index in [1.54, 1.807) is 25.6 Å². The number of aromatic nitrogens is 2. The number of carbonyl (C=O) groups excluding carboxylic acids is 1. The first-order valence-corrected chi connectivity index (χ1v) is 12.0. The van der Waals surface area contributed by atoms with Crippen LogP contribution in [0, 0.1) is 0 Å². The molecule has 3 heterocycles. The van der Waals surface area contributed by atoms with Gasteiger partial charge in [-0.2, -0.15) is 0 Å². The molecule has 0 radical (unpaired) electrons. The van der Waals surface area contributed by atoms with Crippen molar-refractivity contribution in [3.8, 4) is 5.75 Å². The third-order valence-corrected chi connectivity index (χ3v) is 6.46. The molecule has 6 nitrogen and oxygen atoms in total. The predicted octanol–water partition coefficient (Wildman–Crippen LogP) is 5.28. The number of hydrogen-bond acceptors (Lipinski definition) is 5. The number of amides is 1. The van der Waals surface area contributed by atoms with Crippen LogP contribution in [0.5, 0.6) is 5.75 Å². The first-order chi connectivity index (χ1) is 17.2. The van der Waals surface area contributed by atoms with Crippen molar-refractivity contribution in [1.82, 2.24) is 14.9 Å². The molecule has 2 aromatic heterocycles. The summed E-state index contributed by atoms with van der Waals surface area (Å²) in [4.78, 5) is 24.3. The Kier molecular flexibility index (Phi) is 6.89. The fraction of sp³-hybridized carbons (Fsp3) is 0.276. The maximum atomic E-state index is 13.3. The highest BCUT2D eigenvalue weighted by Crippen LogP contribution is 2.28. The Labute approximate surface area is 205 Å². The SMILES string of the molecule is COc1ccc(Cc2cnc([C@H]3CCCN(C(=O)c4ccnc(Cc5ccccc5)c4)C3)o2)cc1. The molecular weight excluding hydrogens is 438 g/mol. The summed E-state index contributed by atoms with van der Waals surface area (Å²) >= 11 is 0. The highest BCUT2D eigenvalue weighted by atomic mass is 16.5. The highest BCUT2D eigenvalue weighted by molar-refractivity contribution is 5.94. The summed E-state index contributed by atoms with van der Waals surface area (Å²) < 4.78 is 11.3. The molecule has 5 rings (SSSR count). The van der Waals surface area contributed by atoms with E-state index in [-0.39, 0.29) is 11.8 Å². The summed E-state index contributed by atoms with van der Waals surface area (Å²) in [5.41, 5.74) is 3.89. The summed E-state index contributed by atoms with van der Waals surface area (Å²) in [6.45, 7) is 1.35. The molecule has 4 aromatic rings. The lowest BCUT2D eigenvalue weighted by Crippen LogP contribution is -2.39. The molecule has 1 saturated heterocycles. The van der Waals surface area contributed by atoms with Gasteiger partial charge in [0.2, 0.25) is 0 Å². The molecule has 0 unspecified atom stereocenters. The monoisotopic (exact) mass is 467 g/mol. The molecule has 6 heteroatoms. The lowest BCUT2D eigenvalue weighted by atomic mass is 9.97. The fourth-order valence-electron chi connectivity index (χ4n) is 4.60. The summed E-state index contributed by atoms with van der Waals surface area (Å²) in [6.07, 6.45) is 6.80. The molecule has 0 N–H and O–H groups in total. The number of hydrogen-bond donors (Lipinski definition) is 0. The van der Waals surface area contributed by atoms with Crippen LogP contribution in [0.25, 0.3) is 0 Å². The van der Waals surface area contributed by atoms with E-state index in [1.807, 2.05) is 53.4 Å². The van der Waals surface area contributed by atoms with Crippen LogP contribution in [0.1, 0.15) is 57.6 Å². The minimum absolute atomic E-state index is 0.0384. The lowest BCUT2D eigenvalue weighted by molar-refractivity contribution is 0.0697. The molecule has 1 aliphatic rings. The molecule has 1 atom stereocenters. The van der Waals surface area contributed by atoms with Gasteiger partial charge in [-0.05, 0) is 48.2 Å². The van der Waals surface area contributed by atoms with E-state index in [0.29, 0.717) is 30.8 Å². The number of pyridine rings is 1. The van der Waals surface area contributed by atoms with E-state index in [2.05, 4.69) is 22.1 Å². The molecule has 178 valence electrons. The van der Waals surface area contributed by atoms with E-state index < -0.39 is 0 Å². The minimum atomic E-state index is 0.0384. The molecule has 1 amide bonds. The summed E-state index contributed by atoms with van der Waals surface area (Å²) in [7, 11) is 1.66. The Bertz CT molecular complexity index is 1270. The van der Waals surface area contributed by atoms with Gasteiger partial charge >= 0.3 is 0 Å². The van der Waals surface area contributed by atoms with Gasteiger partial charge in [0.15, 0.2) is 5.89 Å². The lowest BCUT2D eigenvalue weighted by Gasteiger charge is -2.31. The van der Waals surface area contributed by atoms with Crippen molar-refractivity contribution in [1.29, 1.82) is 0 Å². The van der Waals surface area contributed by atoms with Crippen molar-refractivity contribution in [2.24, 2.45) is 0 Å². The second kappa shape index (κ2) is 10.6. The molecule has 0 bridgehead atoms. The number of methoxy groups -OCH3 is 1. The molecule has 0 aliphatic carbocycles. The number of likely N-dealkylation sites (tertiary alicyclic amines) is 1. The van der Waals surface area contributed by atoms with Crippen LogP contribution in [-0.4, -0.2) is 41.0 Å². The Morgan fingerprint density at radius 1 is 1.03 bits per heavy atom. The number of benzene rings is 2. The molecule has 35 heavy (non-hydrogen) atoms. The molecule has 0 spiro atoms. The standard InChI is InChI=1S/C29H29N3O3/c1-34-26-11-9-22(10-12-26)17-27-19-31-28(35-27)24-8-5-15-32(20-24)29(33)23-13-14-30-25(18-23)16-21-6-3-2-4-7-21/h2-4,6-7,9-14,18-19,24H,5,8,15-17,20H2,1H3/t24-/m0/s1. The zero-order chi connectivity index (χ0) is 24.0. The Hall–Kier alpha value is -3.93. The quantitative estimate of drug-likeness (QED) is 0.370. The van der Waals surface area contributed by atoms with Crippen molar-refractivity contribution in [2.45, 2.75) is 31.6 Å². The zero-order valence-corrected chi connectivity index (χ0v) is 19.9. The Morgan fingerprint density at radius 3 is 2.63 bits per heavy atom. The van der Waals surface area contributed by atoms with Gasteiger partial charge in [0, 0.05) is 43.4 Å². The van der Waals surface area contributed by atoms with Gasteiger partial charge in [-0.3, -0.25) is 9.78 Å². The number of ether oxygens (including phenoxy) is 1. The number of rotatable bonds is 7. The van der Waals surface area contributed by atoms with Gasteiger partial charge < -0.3 is 14.1 Å².